The fourth-order valence-electron chi connectivity index (χ4n) is 1.57. The largest absolute Gasteiger partial charge is 0.297 e. The Bertz CT molecular complexity index is 732. The summed E-state index contributed by atoms with van der Waals surface area (Å²) in [5, 5.41) is 21.4. The van der Waals surface area contributed by atoms with Crippen LogP contribution >= 0.6 is 0 Å². The highest BCUT2D eigenvalue weighted by atomic mass is 16.6. The van der Waals surface area contributed by atoms with E-state index in [4.69, 9.17) is 5.53 Å². The van der Waals surface area contributed by atoms with Crippen molar-refractivity contribution in [3.8, 4) is 11.8 Å². The smallest absolute Gasteiger partial charge is 0.268 e. The summed E-state index contributed by atoms with van der Waals surface area (Å²) in [6.45, 7) is 0.287. The molecule has 94 valence electrons. The number of H-pyrrole nitrogens is 1. The van der Waals surface area contributed by atoms with Gasteiger partial charge in [0, 0.05) is 29.3 Å². The maximum Gasteiger partial charge on any atom is 0.297 e. The number of hydrogen-bond acceptors (Lipinski definition) is 4. The van der Waals surface area contributed by atoms with E-state index in [1.807, 2.05) is 0 Å². The predicted octanol–water partition coefficient (Wildman–Crippen LogP) is 2.52. The van der Waals surface area contributed by atoms with Crippen LogP contribution in [0.5, 0.6) is 0 Å². The fourth-order valence-corrected chi connectivity index (χ4v) is 1.57. The molecular weight excluding hydrogens is 248 g/mol. The molecular formula is C11H8N6O2. The quantitative estimate of drug-likeness (QED) is 0.173. The molecule has 0 amide bonds. The van der Waals surface area contributed by atoms with E-state index < -0.39 is 4.92 Å². The lowest BCUT2D eigenvalue weighted by Gasteiger charge is -1.91. The van der Waals surface area contributed by atoms with E-state index in [-0.39, 0.29) is 17.7 Å². The summed E-state index contributed by atoms with van der Waals surface area (Å²) < 4.78 is 0. The third kappa shape index (κ3) is 2.62. The number of aromatic nitrogens is 2. The Kier molecular flexibility index (Phi) is 3.61. The van der Waals surface area contributed by atoms with Gasteiger partial charge in [-0.05, 0) is 17.5 Å². The number of nitrogens with one attached hydrogen (secondary N) is 1. The molecule has 0 atom stereocenters. The van der Waals surface area contributed by atoms with Crippen molar-refractivity contribution in [1.29, 1.82) is 0 Å². The Hall–Kier alpha value is -3.04. The SMILES string of the molecule is [N-]=[N+]=NCCC#Cc1[nH]nc2c([N+](=O)[O-])cccc12. The molecule has 0 fully saturated rings. The normalized spacial score (nSPS) is 9.47. The Labute approximate surface area is 107 Å². The van der Waals surface area contributed by atoms with Crippen LogP contribution in [0.3, 0.4) is 0 Å². The number of non-ortho nitro benzene ring substituents is 1. The fraction of sp³-hybridized carbons (Fsp3) is 0.182. The number of benzene rings is 1. The van der Waals surface area contributed by atoms with Crippen LogP contribution < -0.4 is 0 Å². The van der Waals surface area contributed by atoms with Crippen molar-refractivity contribution in [2.75, 3.05) is 6.54 Å². The zero-order valence-corrected chi connectivity index (χ0v) is 9.70. The summed E-state index contributed by atoms with van der Waals surface area (Å²) in [6.07, 6.45) is 0.416. The lowest BCUT2D eigenvalue weighted by Crippen LogP contribution is -1.88. The van der Waals surface area contributed by atoms with E-state index in [1.165, 1.54) is 6.07 Å². The van der Waals surface area contributed by atoms with Crippen molar-refractivity contribution in [2.24, 2.45) is 5.11 Å². The van der Waals surface area contributed by atoms with Crippen molar-refractivity contribution < 1.29 is 4.92 Å². The van der Waals surface area contributed by atoms with E-state index >= 15 is 0 Å². The van der Waals surface area contributed by atoms with E-state index in [2.05, 4.69) is 32.1 Å². The first kappa shape index (κ1) is 12.4. The van der Waals surface area contributed by atoms with Crippen molar-refractivity contribution in [1.82, 2.24) is 10.2 Å². The molecule has 8 nitrogen and oxygen atoms in total. The van der Waals surface area contributed by atoms with Crippen LogP contribution in [0.4, 0.5) is 5.69 Å². The van der Waals surface area contributed by atoms with Crippen molar-refractivity contribution in [3.05, 3.63) is 44.5 Å². The van der Waals surface area contributed by atoms with Gasteiger partial charge < -0.3 is 0 Å². The molecule has 1 aromatic carbocycles. The van der Waals surface area contributed by atoms with Gasteiger partial charge >= 0.3 is 0 Å². The van der Waals surface area contributed by atoms with Crippen LogP contribution in [0.2, 0.25) is 0 Å². The first-order chi connectivity index (χ1) is 9.24. The second-order valence-corrected chi connectivity index (χ2v) is 3.54. The third-order valence-corrected chi connectivity index (χ3v) is 2.37. The molecule has 2 rings (SSSR count). The molecule has 0 aliphatic carbocycles. The summed E-state index contributed by atoms with van der Waals surface area (Å²) in [6, 6.07) is 4.69. The topological polar surface area (TPSA) is 121 Å². The molecule has 0 aliphatic rings. The first-order valence-corrected chi connectivity index (χ1v) is 5.35. The Balaban J connectivity index is 2.33. The van der Waals surface area contributed by atoms with E-state index in [0.29, 0.717) is 17.5 Å². The summed E-state index contributed by atoms with van der Waals surface area (Å²) in [7, 11) is 0. The maximum absolute atomic E-state index is 10.8. The van der Waals surface area contributed by atoms with Gasteiger partial charge in [-0.15, -0.1) is 0 Å². The molecule has 0 radical (unpaired) electrons. The Morgan fingerprint density at radius 1 is 1.58 bits per heavy atom. The molecule has 1 N–H and O–H groups in total. The van der Waals surface area contributed by atoms with Gasteiger partial charge in [0.2, 0.25) is 0 Å². The monoisotopic (exact) mass is 256 g/mol. The van der Waals surface area contributed by atoms with E-state index in [0.717, 1.165) is 0 Å². The summed E-state index contributed by atoms with van der Waals surface area (Å²) in [4.78, 5) is 13.0. The molecule has 0 saturated carbocycles. The number of fused-ring (bicyclic) bond motifs is 1. The van der Waals surface area contributed by atoms with Gasteiger partial charge in [0.15, 0.2) is 5.52 Å². The number of nitrogens with zero attached hydrogens (tertiary/aromatic N) is 5. The third-order valence-electron chi connectivity index (χ3n) is 2.37. The molecule has 1 aromatic heterocycles. The minimum Gasteiger partial charge on any atom is -0.268 e. The minimum atomic E-state index is -0.484. The number of hydrogen-bond donors (Lipinski definition) is 1. The zero-order chi connectivity index (χ0) is 13.7. The zero-order valence-electron chi connectivity index (χ0n) is 9.70. The predicted molar refractivity (Wildman–Crippen MR) is 68.3 cm³/mol. The van der Waals surface area contributed by atoms with Gasteiger partial charge in [-0.1, -0.05) is 17.1 Å². The van der Waals surface area contributed by atoms with Crippen molar-refractivity contribution >= 4 is 16.6 Å². The standard InChI is InChI=1S/C11H8N6O2/c12-16-13-7-2-1-5-9-8-4-3-6-10(17(18)19)11(8)15-14-9/h3-4,6H,2,7H2,(H,14,15). The summed E-state index contributed by atoms with van der Waals surface area (Å²) in [5.74, 6) is 5.63. The second-order valence-electron chi connectivity index (χ2n) is 3.54. The Morgan fingerprint density at radius 2 is 2.42 bits per heavy atom. The first-order valence-electron chi connectivity index (χ1n) is 5.35. The van der Waals surface area contributed by atoms with Crippen LogP contribution in [-0.2, 0) is 0 Å². The van der Waals surface area contributed by atoms with Gasteiger partial charge in [0.25, 0.3) is 5.69 Å². The maximum atomic E-state index is 10.8. The van der Waals surface area contributed by atoms with Gasteiger partial charge in [-0.2, -0.15) is 5.10 Å². The average Bonchev–Trinajstić information content (AvgIpc) is 2.81. The summed E-state index contributed by atoms with van der Waals surface area (Å²) in [5.41, 5.74) is 8.84. The lowest BCUT2D eigenvalue weighted by atomic mass is 10.2. The molecule has 0 unspecified atom stereocenters. The highest BCUT2D eigenvalue weighted by Crippen LogP contribution is 2.24. The summed E-state index contributed by atoms with van der Waals surface area (Å²) >= 11 is 0. The molecule has 19 heavy (non-hydrogen) atoms. The van der Waals surface area contributed by atoms with Crippen LogP contribution in [0, 0.1) is 22.0 Å². The van der Waals surface area contributed by atoms with E-state index in [1.54, 1.807) is 12.1 Å². The molecule has 0 saturated heterocycles. The van der Waals surface area contributed by atoms with Crippen LogP contribution in [0.25, 0.3) is 21.3 Å². The molecule has 0 bridgehead atoms. The molecule has 0 aliphatic heterocycles. The number of azide groups is 1. The highest BCUT2D eigenvalue weighted by Gasteiger charge is 2.15. The van der Waals surface area contributed by atoms with Gasteiger partial charge in [-0.3, -0.25) is 15.2 Å². The number of rotatable bonds is 3. The van der Waals surface area contributed by atoms with Gasteiger partial charge in [0.1, 0.15) is 5.69 Å². The number of aromatic amines is 1. The van der Waals surface area contributed by atoms with Crippen LogP contribution in [-0.4, -0.2) is 21.7 Å². The highest BCUT2D eigenvalue weighted by molar-refractivity contribution is 5.90. The number of nitro groups is 1. The second kappa shape index (κ2) is 5.53. The lowest BCUT2D eigenvalue weighted by molar-refractivity contribution is -0.383. The average molecular weight is 256 g/mol. The molecule has 1 heterocycles. The molecule has 8 heteroatoms. The molecule has 0 spiro atoms. The van der Waals surface area contributed by atoms with Crippen molar-refractivity contribution in [3.63, 3.8) is 0 Å². The molecule has 2 aromatic rings. The number of para-hydroxylation sites is 1. The van der Waals surface area contributed by atoms with Crippen molar-refractivity contribution in [2.45, 2.75) is 6.42 Å². The van der Waals surface area contributed by atoms with Crippen LogP contribution in [0.15, 0.2) is 23.3 Å². The minimum absolute atomic E-state index is 0.0594. The Morgan fingerprint density at radius 3 is 3.16 bits per heavy atom. The van der Waals surface area contributed by atoms with Crippen LogP contribution in [0.1, 0.15) is 12.1 Å². The van der Waals surface area contributed by atoms with Gasteiger partial charge in [-0.25, -0.2) is 0 Å². The van der Waals surface area contributed by atoms with Gasteiger partial charge in [0.05, 0.1) is 4.92 Å². The number of nitro benzene ring substituents is 1. The van der Waals surface area contributed by atoms with E-state index in [9.17, 15) is 10.1 Å².